The molecule has 0 spiro atoms. The van der Waals surface area contributed by atoms with E-state index in [2.05, 4.69) is 12.6 Å². The standard InChI is InChI=1S/C10H12OS.Au/c1-6-4-7(2)9(10(11)12)8(3)5-6;/h4-5H,1-3H3,(H,11,12);/q;+1/p-1. The summed E-state index contributed by atoms with van der Waals surface area (Å²) in [5.41, 5.74) is 3.82. The van der Waals surface area contributed by atoms with Gasteiger partial charge in [0.15, 0.2) is 0 Å². The molecule has 0 saturated carbocycles. The van der Waals surface area contributed by atoms with Gasteiger partial charge in [-0.2, -0.15) is 0 Å². The summed E-state index contributed by atoms with van der Waals surface area (Å²) in [6.07, 6.45) is 0. The number of hydrogen-bond donors (Lipinski definition) is 0. The van der Waals surface area contributed by atoms with Crippen LogP contribution in [-0.4, -0.2) is 5.12 Å². The Morgan fingerprint density at radius 2 is 1.54 bits per heavy atom. The van der Waals surface area contributed by atoms with Crippen LogP contribution in [0.4, 0.5) is 0 Å². The van der Waals surface area contributed by atoms with Gasteiger partial charge in [0.1, 0.15) is 0 Å². The second-order valence-electron chi connectivity index (χ2n) is 3.06. The van der Waals surface area contributed by atoms with E-state index in [9.17, 15) is 4.79 Å². The van der Waals surface area contributed by atoms with E-state index in [0.717, 1.165) is 11.1 Å². The molecule has 0 saturated heterocycles. The van der Waals surface area contributed by atoms with Crippen molar-refractivity contribution in [2.45, 2.75) is 20.8 Å². The van der Waals surface area contributed by atoms with E-state index in [0.29, 0.717) is 5.56 Å². The molecule has 0 amide bonds. The van der Waals surface area contributed by atoms with E-state index in [4.69, 9.17) is 0 Å². The molecule has 1 aromatic carbocycles. The van der Waals surface area contributed by atoms with Crippen molar-refractivity contribution in [1.29, 1.82) is 0 Å². The molecule has 0 fully saturated rings. The predicted molar refractivity (Wildman–Crippen MR) is 52.3 cm³/mol. The second kappa shape index (κ2) is 4.91. The maximum atomic E-state index is 11.0. The van der Waals surface area contributed by atoms with Crippen LogP contribution in [0, 0.1) is 20.8 Å². The Hall–Kier alpha value is -0.150. The molecule has 0 aliphatic rings. The number of carbonyl (C=O) groups excluding carboxylic acids is 1. The maximum absolute atomic E-state index is 11.0. The molecule has 0 heterocycles. The third-order valence-corrected chi connectivity index (χ3v) is 2.09. The van der Waals surface area contributed by atoms with Crippen molar-refractivity contribution < 1.29 is 27.2 Å². The molecule has 1 rings (SSSR count). The van der Waals surface area contributed by atoms with E-state index in [-0.39, 0.29) is 27.5 Å². The largest absolute Gasteiger partial charge is 1.00 e. The van der Waals surface area contributed by atoms with Gasteiger partial charge in [0.2, 0.25) is 0 Å². The Bertz CT molecular complexity index is 311. The molecule has 74 valence electrons. The minimum absolute atomic E-state index is 0. The zero-order valence-electron chi connectivity index (χ0n) is 7.77. The van der Waals surface area contributed by atoms with Crippen LogP contribution in [0.3, 0.4) is 0 Å². The van der Waals surface area contributed by atoms with Crippen LogP contribution in [0.5, 0.6) is 0 Å². The zero-order chi connectivity index (χ0) is 9.30. The molecule has 0 aliphatic carbocycles. The maximum Gasteiger partial charge on any atom is 1.00 e. The number of benzene rings is 1. The summed E-state index contributed by atoms with van der Waals surface area (Å²) in [7, 11) is 0. The summed E-state index contributed by atoms with van der Waals surface area (Å²) in [6.45, 7) is 5.84. The average molecular weight is 376 g/mol. The van der Waals surface area contributed by atoms with Crippen molar-refractivity contribution in [3.8, 4) is 0 Å². The predicted octanol–water partition coefficient (Wildman–Crippen LogP) is 2.30. The van der Waals surface area contributed by atoms with Crippen LogP contribution in [0.2, 0.25) is 0 Å². The summed E-state index contributed by atoms with van der Waals surface area (Å²) in [4.78, 5) is 11.0. The van der Waals surface area contributed by atoms with E-state index >= 15 is 0 Å². The Balaban J connectivity index is 0.00000144. The Labute approximate surface area is 99.8 Å². The molecule has 0 aliphatic heterocycles. The summed E-state index contributed by atoms with van der Waals surface area (Å²) < 4.78 is 0. The van der Waals surface area contributed by atoms with Crippen molar-refractivity contribution in [2.75, 3.05) is 0 Å². The number of hydrogen-bond acceptors (Lipinski definition) is 2. The monoisotopic (exact) mass is 376 g/mol. The first-order chi connectivity index (χ1) is 5.52. The first kappa shape index (κ1) is 12.9. The van der Waals surface area contributed by atoms with Gasteiger partial charge < -0.3 is 17.4 Å². The molecule has 0 aromatic heterocycles. The van der Waals surface area contributed by atoms with Gasteiger partial charge >= 0.3 is 22.4 Å². The Morgan fingerprint density at radius 3 is 1.85 bits per heavy atom. The van der Waals surface area contributed by atoms with E-state index in [1.165, 1.54) is 5.56 Å². The minimum Gasteiger partial charge on any atom is -0.737 e. The molecule has 0 radical (unpaired) electrons. The topological polar surface area (TPSA) is 17.1 Å². The van der Waals surface area contributed by atoms with E-state index in [1.807, 2.05) is 32.9 Å². The molecule has 0 bridgehead atoms. The van der Waals surface area contributed by atoms with Crippen LogP contribution >= 0.6 is 0 Å². The van der Waals surface area contributed by atoms with Crippen molar-refractivity contribution in [3.05, 3.63) is 34.4 Å². The summed E-state index contributed by atoms with van der Waals surface area (Å²) in [6, 6.07) is 3.96. The fourth-order valence-electron chi connectivity index (χ4n) is 1.50. The molecule has 0 N–H and O–H groups in total. The quantitative estimate of drug-likeness (QED) is 0.553. The van der Waals surface area contributed by atoms with Crippen LogP contribution in [-0.2, 0) is 35.0 Å². The number of aryl methyl sites for hydroxylation is 3. The van der Waals surface area contributed by atoms with Gasteiger partial charge in [-0.15, -0.1) is 0 Å². The summed E-state index contributed by atoms with van der Waals surface area (Å²) in [5.74, 6) is 0. The molecule has 13 heavy (non-hydrogen) atoms. The molecule has 1 aromatic rings. The fourth-order valence-corrected chi connectivity index (χ4v) is 1.82. The van der Waals surface area contributed by atoms with Gasteiger partial charge in [-0.25, -0.2) is 0 Å². The summed E-state index contributed by atoms with van der Waals surface area (Å²) in [5, 5.41) is -0.259. The zero-order valence-corrected chi connectivity index (χ0v) is 10.8. The molecule has 0 unspecified atom stereocenters. The second-order valence-corrected chi connectivity index (χ2v) is 3.43. The number of rotatable bonds is 1. The SMILES string of the molecule is Cc1cc(C)c(C(=O)[S-])c(C)c1.[Au+]. The molecular formula is C10H11AuOS. The van der Waals surface area contributed by atoms with Gasteiger partial charge in [-0.1, -0.05) is 17.7 Å². The van der Waals surface area contributed by atoms with Crippen LogP contribution < -0.4 is 0 Å². The van der Waals surface area contributed by atoms with Gasteiger partial charge in [-0.3, -0.25) is 0 Å². The third-order valence-electron chi connectivity index (χ3n) is 1.88. The Morgan fingerprint density at radius 1 is 1.15 bits per heavy atom. The van der Waals surface area contributed by atoms with Crippen molar-refractivity contribution in [3.63, 3.8) is 0 Å². The van der Waals surface area contributed by atoms with Crippen LogP contribution in [0.15, 0.2) is 12.1 Å². The molecule has 3 heteroatoms. The van der Waals surface area contributed by atoms with Gasteiger partial charge in [-0.05, 0) is 31.9 Å². The fraction of sp³-hybridized carbons (Fsp3) is 0.300. The van der Waals surface area contributed by atoms with Crippen LogP contribution in [0.1, 0.15) is 27.0 Å². The van der Waals surface area contributed by atoms with Crippen LogP contribution in [0.25, 0.3) is 0 Å². The first-order valence-electron chi connectivity index (χ1n) is 3.81. The first-order valence-corrected chi connectivity index (χ1v) is 4.22. The molecule has 1 nitrogen and oxygen atoms in total. The van der Waals surface area contributed by atoms with Crippen molar-refractivity contribution in [1.82, 2.24) is 0 Å². The van der Waals surface area contributed by atoms with Gasteiger partial charge in [0.05, 0.1) is 0 Å². The smallest absolute Gasteiger partial charge is 0.737 e. The molecular weight excluding hydrogens is 365 g/mol. The van der Waals surface area contributed by atoms with Gasteiger partial charge in [0, 0.05) is 10.7 Å². The third kappa shape index (κ3) is 2.92. The van der Waals surface area contributed by atoms with Crippen molar-refractivity contribution in [2.24, 2.45) is 0 Å². The van der Waals surface area contributed by atoms with Crippen molar-refractivity contribution >= 4 is 17.7 Å². The molecule has 0 atom stereocenters. The Kier molecular flexibility index (Phi) is 4.86. The van der Waals surface area contributed by atoms with Gasteiger partial charge in [0.25, 0.3) is 0 Å². The van der Waals surface area contributed by atoms with E-state index in [1.54, 1.807) is 0 Å². The summed E-state index contributed by atoms with van der Waals surface area (Å²) >= 11 is 4.62. The minimum atomic E-state index is -0.259. The average Bonchev–Trinajstić information content (AvgIpc) is 1.82. The van der Waals surface area contributed by atoms with E-state index < -0.39 is 0 Å². The number of carbonyl (C=O) groups is 1. The normalized spacial score (nSPS) is 9.15.